The fourth-order valence-corrected chi connectivity index (χ4v) is 2.70. The second-order valence-corrected chi connectivity index (χ2v) is 6.29. The summed E-state index contributed by atoms with van der Waals surface area (Å²) in [6.45, 7) is 3.20. The number of hydrogen-bond donors (Lipinski definition) is 1. The van der Waals surface area contributed by atoms with Crippen molar-refractivity contribution in [1.29, 1.82) is 0 Å². The van der Waals surface area contributed by atoms with E-state index in [2.05, 4.69) is 5.32 Å². The molecular weight excluding hydrogens is 368 g/mol. The molecule has 1 N–H and O–H groups in total. The third kappa shape index (κ3) is 5.18. The van der Waals surface area contributed by atoms with Crippen molar-refractivity contribution in [2.75, 3.05) is 0 Å². The van der Waals surface area contributed by atoms with E-state index in [9.17, 15) is 14.0 Å². The zero-order valence-corrected chi connectivity index (χ0v) is 15.1. The van der Waals surface area contributed by atoms with Gasteiger partial charge in [0.05, 0.1) is 11.6 Å². The molecule has 0 aromatic heterocycles. The van der Waals surface area contributed by atoms with Crippen molar-refractivity contribution in [3.63, 3.8) is 0 Å². The molecule has 0 radical (unpaired) electrons. The van der Waals surface area contributed by atoms with E-state index in [-0.39, 0.29) is 5.56 Å². The van der Waals surface area contributed by atoms with Crippen LogP contribution in [0.25, 0.3) is 0 Å². The van der Waals surface area contributed by atoms with Gasteiger partial charge in [-0.25, -0.2) is 9.18 Å². The summed E-state index contributed by atoms with van der Waals surface area (Å²) in [5.41, 5.74) is 0.853. The number of benzene rings is 2. The van der Waals surface area contributed by atoms with Gasteiger partial charge in [0.1, 0.15) is 5.82 Å². The lowest BCUT2D eigenvalue weighted by Crippen LogP contribution is -2.37. The lowest BCUT2D eigenvalue weighted by atomic mass is 10.1. The Hall–Kier alpha value is -2.11. The van der Waals surface area contributed by atoms with Crippen LogP contribution in [0.5, 0.6) is 0 Å². The summed E-state index contributed by atoms with van der Waals surface area (Å²) in [5, 5.41) is 3.64. The number of halogens is 3. The molecule has 0 bridgehead atoms. The van der Waals surface area contributed by atoms with Gasteiger partial charge in [-0.2, -0.15) is 0 Å². The molecule has 0 spiro atoms. The summed E-state index contributed by atoms with van der Waals surface area (Å²) in [7, 11) is 0. The molecule has 7 heteroatoms. The van der Waals surface area contributed by atoms with E-state index in [1.54, 1.807) is 25.1 Å². The first-order chi connectivity index (χ1) is 11.8. The summed E-state index contributed by atoms with van der Waals surface area (Å²) < 4.78 is 18.0. The lowest BCUT2D eigenvalue weighted by molar-refractivity contribution is -0.129. The van der Waals surface area contributed by atoms with Crippen molar-refractivity contribution in [3.05, 3.63) is 69.5 Å². The van der Waals surface area contributed by atoms with E-state index in [0.29, 0.717) is 15.6 Å². The third-order valence-electron chi connectivity index (χ3n) is 3.52. The minimum atomic E-state index is -1.02. The van der Waals surface area contributed by atoms with E-state index >= 15 is 0 Å². The molecule has 132 valence electrons. The van der Waals surface area contributed by atoms with Gasteiger partial charge in [0.2, 0.25) is 0 Å². The summed E-state index contributed by atoms with van der Waals surface area (Å²) in [6.07, 6.45) is -1.02. The maximum absolute atomic E-state index is 12.9. The Morgan fingerprint density at radius 2 is 1.72 bits per heavy atom. The van der Waals surface area contributed by atoms with E-state index < -0.39 is 29.8 Å². The Labute approximate surface area is 154 Å². The van der Waals surface area contributed by atoms with Crippen LogP contribution in [-0.4, -0.2) is 18.0 Å². The molecule has 0 heterocycles. The highest BCUT2D eigenvalue weighted by molar-refractivity contribution is 6.35. The average molecular weight is 384 g/mol. The average Bonchev–Trinajstić information content (AvgIpc) is 2.55. The van der Waals surface area contributed by atoms with Gasteiger partial charge in [-0.05, 0) is 55.8 Å². The van der Waals surface area contributed by atoms with Crippen LogP contribution in [0.1, 0.15) is 35.8 Å². The van der Waals surface area contributed by atoms with Crippen molar-refractivity contribution in [2.45, 2.75) is 26.0 Å². The standard InChI is InChI=1S/C18H16Cl2FNO3/c1-10(15-8-5-13(19)9-16(15)20)22-17(23)11(2)25-18(24)12-3-6-14(21)7-4-12/h3-11H,1-2H3,(H,22,23). The van der Waals surface area contributed by atoms with Gasteiger partial charge >= 0.3 is 5.97 Å². The molecule has 2 atom stereocenters. The largest absolute Gasteiger partial charge is 0.449 e. The normalized spacial score (nSPS) is 13.0. The van der Waals surface area contributed by atoms with Crippen molar-refractivity contribution in [3.8, 4) is 0 Å². The molecule has 2 unspecified atom stereocenters. The summed E-state index contributed by atoms with van der Waals surface area (Å²) in [6, 6.07) is 9.44. The van der Waals surface area contributed by atoms with Crippen LogP contribution in [0.4, 0.5) is 4.39 Å². The number of ether oxygens (including phenoxy) is 1. The molecule has 0 aliphatic carbocycles. The first-order valence-electron chi connectivity index (χ1n) is 7.50. The van der Waals surface area contributed by atoms with Crippen molar-refractivity contribution < 1.29 is 18.7 Å². The zero-order chi connectivity index (χ0) is 18.6. The van der Waals surface area contributed by atoms with Crippen LogP contribution in [0.3, 0.4) is 0 Å². The van der Waals surface area contributed by atoms with Crippen LogP contribution >= 0.6 is 23.2 Å². The first-order valence-corrected chi connectivity index (χ1v) is 8.25. The van der Waals surface area contributed by atoms with Gasteiger partial charge in [0.25, 0.3) is 5.91 Å². The summed E-state index contributed by atoms with van der Waals surface area (Å²) >= 11 is 12.0. The highest BCUT2D eigenvalue weighted by Crippen LogP contribution is 2.26. The highest BCUT2D eigenvalue weighted by Gasteiger charge is 2.21. The summed E-state index contributed by atoms with van der Waals surface area (Å²) in [5.74, 6) is -1.65. The Balaban J connectivity index is 1.97. The Morgan fingerprint density at radius 1 is 1.08 bits per heavy atom. The Kier molecular flexibility index (Phi) is 6.39. The molecular formula is C18H16Cl2FNO3. The SMILES string of the molecule is CC(OC(=O)c1ccc(F)cc1)C(=O)NC(C)c1ccc(Cl)cc1Cl. The first kappa shape index (κ1) is 19.2. The van der Waals surface area contributed by atoms with Gasteiger partial charge in [-0.15, -0.1) is 0 Å². The molecule has 1 amide bonds. The molecule has 0 saturated carbocycles. The second-order valence-electron chi connectivity index (χ2n) is 5.45. The number of rotatable bonds is 5. The Bertz CT molecular complexity index is 780. The third-order valence-corrected chi connectivity index (χ3v) is 4.08. The van der Waals surface area contributed by atoms with Crippen molar-refractivity contribution in [2.24, 2.45) is 0 Å². The van der Waals surface area contributed by atoms with Gasteiger partial charge in [-0.3, -0.25) is 4.79 Å². The van der Waals surface area contributed by atoms with E-state index in [4.69, 9.17) is 27.9 Å². The molecule has 2 rings (SSSR count). The van der Waals surface area contributed by atoms with Gasteiger partial charge in [-0.1, -0.05) is 29.3 Å². The molecule has 25 heavy (non-hydrogen) atoms. The molecule has 4 nitrogen and oxygen atoms in total. The van der Waals surface area contributed by atoms with Crippen LogP contribution in [0.15, 0.2) is 42.5 Å². The summed E-state index contributed by atoms with van der Waals surface area (Å²) in [4.78, 5) is 24.2. The monoisotopic (exact) mass is 383 g/mol. The van der Waals surface area contributed by atoms with Gasteiger partial charge < -0.3 is 10.1 Å². The maximum Gasteiger partial charge on any atom is 0.338 e. The van der Waals surface area contributed by atoms with Crippen molar-refractivity contribution >= 4 is 35.1 Å². The number of carbonyl (C=O) groups excluding carboxylic acids is 2. The number of esters is 1. The topological polar surface area (TPSA) is 55.4 Å². The molecule has 0 saturated heterocycles. The minimum absolute atomic E-state index is 0.162. The number of hydrogen-bond acceptors (Lipinski definition) is 3. The number of nitrogens with one attached hydrogen (secondary N) is 1. The maximum atomic E-state index is 12.9. The Morgan fingerprint density at radius 3 is 2.32 bits per heavy atom. The van der Waals surface area contributed by atoms with Crippen LogP contribution in [0, 0.1) is 5.82 Å². The zero-order valence-electron chi connectivity index (χ0n) is 13.6. The van der Waals surface area contributed by atoms with Crippen molar-refractivity contribution in [1.82, 2.24) is 5.32 Å². The molecule has 2 aromatic carbocycles. The smallest absolute Gasteiger partial charge is 0.338 e. The van der Waals surface area contributed by atoms with E-state index in [0.717, 1.165) is 12.1 Å². The molecule has 2 aromatic rings. The molecule has 0 aliphatic heterocycles. The highest BCUT2D eigenvalue weighted by atomic mass is 35.5. The number of amides is 1. The van der Waals surface area contributed by atoms with E-state index in [1.807, 2.05) is 0 Å². The van der Waals surface area contributed by atoms with Gasteiger partial charge in [0, 0.05) is 10.0 Å². The lowest BCUT2D eigenvalue weighted by Gasteiger charge is -2.19. The quantitative estimate of drug-likeness (QED) is 0.770. The van der Waals surface area contributed by atoms with Crippen LogP contribution in [0.2, 0.25) is 10.0 Å². The van der Waals surface area contributed by atoms with Gasteiger partial charge in [0.15, 0.2) is 6.10 Å². The number of carbonyl (C=O) groups is 2. The minimum Gasteiger partial charge on any atom is -0.449 e. The van der Waals surface area contributed by atoms with Crippen LogP contribution < -0.4 is 5.32 Å². The second kappa shape index (κ2) is 8.32. The van der Waals surface area contributed by atoms with Crippen LogP contribution in [-0.2, 0) is 9.53 Å². The van der Waals surface area contributed by atoms with E-state index in [1.165, 1.54) is 19.1 Å². The fourth-order valence-electron chi connectivity index (χ4n) is 2.13. The fraction of sp³-hybridized carbons (Fsp3) is 0.222. The molecule has 0 aliphatic rings. The predicted molar refractivity (Wildman–Crippen MR) is 94.3 cm³/mol. The predicted octanol–water partition coefficient (Wildman–Crippen LogP) is 4.56. The molecule has 0 fully saturated rings.